The molecule has 4 rings (SSSR count). The average molecular weight is 387 g/mol. The zero-order valence-electron chi connectivity index (χ0n) is 16.4. The van der Waals surface area contributed by atoms with E-state index in [1.807, 2.05) is 29.2 Å². The van der Waals surface area contributed by atoms with Gasteiger partial charge in [-0.25, -0.2) is 0 Å². The monoisotopic (exact) mass is 387 g/mol. The third kappa shape index (κ3) is 5.16. The van der Waals surface area contributed by atoms with Crippen LogP contribution in [-0.2, 0) is 13.0 Å². The van der Waals surface area contributed by atoms with Gasteiger partial charge in [-0.1, -0.05) is 30.3 Å². The molecule has 0 saturated carbocycles. The van der Waals surface area contributed by atoms with Crippen LogP contribution < -0.4 is 5.32 Å². The zero-order valence-corrected chi connectivity index (χ0v) is 16.4. The Hall–Kier alpha value is -3.28. The van der Waals surface area contributed by atoms with Crippen LogP contribution in [0.1, 0.15) is 34.5 Å². The first-order chi connectivity index (χ1) is 14.3. The highest BCUT2D eigenvalue weighted by molar-refractivity contribution is 5.92. The van der Waals surface area contributed by atoms with E-state index in [2.05, 4.69) is 44.8 Å². The normalized spacial score (nSPS) is 14.6. The Morgan fingerprint density at radius 1 is 0.931 bits per heavy atom. The van der Waals surface area contributed by atoms with Crippen molar-refractivity contribution in [2.45, 2.75) is 25.8 Å². The van der Waals surface area contributed by atoms with Crippen molar-refractivity contribution in [3.05, 3.63) is 83.8 Å². The number of likely N-dealkylation sites (tertiary alicyclic amines) is 1. The van der Waals surface area contributed by atoms with E-state index in [0.717, 1.165) is 37.9 Å². The summed E-state index contributed by atoms with van der Waals surface area (Å²) in [6.45, 7) is 2.19. The molecule has 29 heavy (non-hydrogen) atoms. The lowest BCUT2D eigenvalue weighted by Crippen LogP contribution is -2.39. The first-order valence-electron chi connectivity index (χ1n) is 10.1. The molecule has 148 valence electrons. The molecule has 1 fully saturated rings. The van der Waals surface area contributed by atoms with Crippen LogP contribution in [0.5, 0.6) is 0 Å². The lowest BCUT2D eigenvalue weighted by Gasteiger charge is -2.31. The molecular weight excluding hydrogens is 362 g/mol. The summed E-state index contributed by atoms with van der Waals surface area (Å²) < 4.78 is 0. The van der Waals surface area contributed by atoms with E-state index in [4.69, 9.17) is 0 Å². The molecule has 0 atom stereocenters. The minimum atomic E-state index is -0.0312. The van der Waals surface area contributed by atoms with Gasteiger partial charge >= 0.3 is 0 Å². The van der Waals surface area contributed by atoms with Gasteiger partial charge in [-0.3, -0.25) is 9.78 Å². The van der Waals surface area contributed by atoms with Crippen molar-refractivity contribution >= 4 is 11.7 Å². The number of nitrogens with zero attached hydrogens (tertiary/aromatic N) is 4. The van der Waals surface area contributed by atoms with E-state index in [-0.39, 0.29) is 5.91 Å². The van der Waals surface area contributed by atoms with Gasteiger partial charge in [0.1, 0.15) is 5.82 Å². The van der Waals surface area contributed by atoms with Crippen molar-refractivity contribution in [2.75, 3.05) is 18.4 Å². The van der Waals surface area contributed by atoms with Gasteiger partial charge in [-0.15, -0.1) is 10.2 Å². The Morgan fingerprint density at radius 3 is 2.38 bits per heavy atom. The Labute approximate surface area is 171 Å². The van der Waals surface area contributed by atoms with E-state index in [1.54, 1.807) is 18.5 Å². The highest BCUT2D eigenvalue weighted by Gasteiger charge is 2.24. The number of piperidine rings is 1. The second-order valence-corrected chi connectivity index (χ2v) is 7.44. The summed E-state index contributed by atoms with van der Waals surface area (Å²) in [6.07, 6.45) is 6.65. The lowest BCUT2D eigenvalue weighted by atomic mass is 9.90. The first-order valence-corrected chi connectivity index (χ1v) is 10.1. The quantitative estimate of drug-likeness (QED) is 0.700. The van der Waals surface area contributed by atoms with E-state index in [9.17, 15) is 4.79 Å². The van der Waals surface area contributed by atoms with Crippen LogP contribution in [0, 0.1) is 5.92 Å². The first kappa shape index (κ1) is 19.1. The largest absolute Gasteiger partial charge is 0.365 e. The SMILES string of the molecule is O=C(c1ccc(NCc2ccncc2)nn1)N1CCC(Cc2ccccc2)CC1. The van der Waals surface area contributed by atoms with Gasteiger partial charge in [0.05, 0.1) is 0 Å². The van der Waals surface area contributed by atoms with Crippen LogP contribution in [0.2, 0.25) is 0 Å². The number of anilines is 1. The summed E-state index contributed by atoms with van der Waals surface area (Å²) in [5.41, 5.74) is 2.89. The van der Waals surface area contributed by atoms with Crippen LogP contribution in [0.15, 0.2) is 67.0 Å². The number of benzene rings is 1. The molecule has 3 heterocycles. The Morgan fingerprint density at radius 2 is 1.69 bits per heavy atom. The molecule has 2 aromatic heterocycles. The average Bonchev–Trinajstić information content (AvgIpc) is 2.79. The van der Waals surface area contributed by atoms with Gasteiger partial charge < -0.3 is 10.2 Å². The number of hydrogen-bond acceptors (Lipinski definition) is 5. The fourth-order valence-electron chi connectivity index (χ4n) is 3.68. The van der Waals surface area contributed by atoms with Crippen LogP contribution in [0.4, 0.5) is 5.82 Å². The minimum absolute atomic E-state index is 0.0312. The highest BCUT2D eigenvalue weighted by atomic mass is 16.2. The number of carbonyl (C=O) groups is 1. The third-order valence-electron chi connectivity index (χ3n) is 5.38. The van der Waals surface area contributed by atoms with E-state index < -0.39 is 0 Å². The molecule has 1 aliphatic rings. The summed E-state index contributed by atoms with van der Waals surface area (Å²) in [6, 6.07) is 18.0. The van der Waals surface area contributed by atoms with Gasteiger partial charge in [0.25, 0.3) is 5.91 Å². The third-order valence-corrected chi connectivity index (χ3v) is 5.38. The van der Waals surface area contributed by atoms with Gasteiger partial charge in [0, 0.05) is 32.0 Å². The second kappa shape index (κ2) is 9.28. The molecule has 0 spiro atoms. The predicted octanol–water partition coefficient (Wildman–Crippen LogP) is 3.58. The number of carbonyl (C=O) groups excluding carboxylic acids is 1. The maximum atomic E-state index is 12.8. The standard InChI is InChI=1S/C23H25N5O/c29-23(28-14-10-19(11-15-28)16-18-4-2-1-3-5-18)21-6-7-22(27-26-21)25-17-20-8-12-24-13-9-20/h1-9,12-13,19H,10-11,14-17H2,(H,25,27). The lowest BCUT2D eigenvalue weighted by molar-refractivity contribution is 0.0683. The topological polar surface area (TPSA) is 71.0 Å². The van der Waals surface area contributed by atoms with Gasteiger partial charge in [0.15, 0.2) is 5.69 Å². The minimum Gasteiger partial charge on any atom is -0.365 e. The van der Waals surface area contributed by atoms with Crippen LogP contribution in [0.25, 0.3) is 0 Å². The zero-order chi connectivity index (χ0) is 19.9. The smallest absolute Gasteiger partial charge is 0.274 e. The molecule has 0 radical (unpaired) electrons. The summed E-state index contributed by atoms with van der Waals surface area (Å²) >= 11 is 0. The Balaban J connectivity index is 1.27. The highest BCUT2D eigenvalue weighted by Crippen LogP contribution is 2.22. The van der Waals surface area contributed by atoms with Crippen molar-refractivity contribution in [1.82, 2.24) is 20.1 Å². The summed E-state index contributed by atoms with van der Waals surface area (Å²) in [5.74, 6) is 1.25. The van der Waals surface area contributed by atoms with E-state index >= 15 is 0 Å². The molecule has 1 amide bonds. The molecule has 0 bridgehead atoms. The maximum Gasteiger partial charge on any atom is 0.274 e. The maximum absolute atomic E-state index is 12.8. The van der Waals surface area contributed by atoms with Crippen molar-refractivity contribution in [2.24, 2.45) is 5.92 Å². The molecule has 1 N–H and O–H groups in total. The molecule has 3 aromatic rings. The number of aromatic nitrogens is 3. The van der Waals surface area contributed by atoms with Crippen molar-refractivity contribution in [1.29, 1.82) is 0 Å². The number of amides is 1. The summed E-state index contributed by atoms with van der Waals surface area (Å²) in [4.78, 5) is 18.7. The number of rotatable bonds is 6. The van der Waals surface area contributed by atoms with Gasteiger partial charge in [-0.2, -0.15) is 0 Å². The molecule has 0 unspecified atom stereocenters. The van der Waals surface area contributed by atoms with Crippen molar-refractivity contribution < 1.29 is 4.79 Å². The van der Waals surface area contributed by atoms with Gasteiger partial charge in [0.2, 0.25) is 0 Å². The fourth-order valence-corrected chi connectivity index (χ4v) is 3.68. The molecule has 1 aliphatic heterocycles. The van der Waals surface area contributed by atoms with Crippen LogP contribution >= 0.6 is 0 Å². The summed E-state index contributed by atoms with van der Waals surface area (Å²) in [7, 11) is 0. The van der Waals surface area contributed by atoms with Gasteiger partial charge in [-0.05, 0) is 60.6 Å². The summed E-state index contributed by atoms with van der Waals surface area (Å²) in [5, 5.41) is 11.5. The molecule has 6 heteroatoms. The molecule has 1 saturated heterocycles. The molecule has 1 aromatic carbocycles. The Bertz CT molecular complexity index is 907. The second-order valence-electron chi connectivity index (χ2n) is 7.44. The number of nitrogens with one attached hydrogen (secondary N) is 1. The predicted molar refractivity (Wildman–Crippen MR) is 112 cm³/mol. The van der Waals surface area contributed by atoms with Crippen LogP contribution in [-0.4, -0.2) is 39.1 Å². The van der Waals surface area contributed by atoms with Crippen molar-refractivity contribution in [3.8, 4) is 0 Å². The molecule has 6 nitrogen and oxygen atoms in total. The van der Waals surface area contributed by atoms with Crippen molar-refractivity contribution in [3.63, 3.8) is 0 Å². The molecule has 0 aliphatic carbocycles. The van der Waals surface area contributed by atoms with E-state index in [1.165, 1.54) is 5.56 Å². The number of hydrogen-bond donors (Lipinski definition) is 1. The number of pyridine rings is 1. The van der Waals surface area contributed by atoms with E-state index in [0.29, 0.717) is 24.0 Å². The molecular formula is C23H25N5O. The van der Waals surface area contributed by atoms with Crippen LogP contribution in [0.3, 0.4) is 0 Å². The Kier molecular flexibility index (Phi) is 6.10. The fraction of sp³-hybridized carbons (Fsp3) is 0.304.